The van der Waals surface area contributed by atoms with E-state index in [4.69, 9.17) is 19.6 Å². The average Bonchev–Trinajstić information content (AvgIpc) is 3.10. The van der Waals surface area contributed by atoms with Crippen LogP contribution in [0, 0.1) is 43.4 Å². The smallest absolute Gasteiger partial charge is 0.243 e. The minimum absolute atomic E-state index is 0.102. The Morgan fingerprint density at radius 3 is 2.58 bits per heavy atom. The van der Waals surface area contributed by atoms with Gasteiger partial charge in [0.1, 0.15) is 24.0 Å². The molecule has 158 valence electrons. The first-order valence-corrected chi connectivity index (χ1v) is 10.00. The summed E-state index contributed by atoms with van der Waals surface area (Å²) in [5.41, 5.74) is 5.62. The van der Waals surface area contributed by atoms with Crippen LogP contribution >= 0.6 is 0 Å². The molecule has 0 spiro atoms. The van der Waals surface area contributed by atoms with E-state index in [1.165, 1.54) is 0 Å². The summed E-state index contributed by atoms with van der Waals surface area (Å²) in [7, 11) is 1.62. The van der Waals surface area contributed by atoms with Crippen molar-refractivity contribution in [2.75, 3.05) is 7.11 Å². The van der Waals surface area contributed by atoms with Gasteiger partial charge in [0.15, 0.2) is 0 Å². The first-order valence-electron chi connectivity index (χ1n) is 10.00. The maximum absolute atomic E-state index is 9.77. The first kappa shape index (κ1) is 20.5. The molecule has 3 aromatic rings. The summed E-state index contributed by atoms with van der Waals surface area (Å²) in [5, 5.41) is 25.0. The molecule has 7 heteroatoms. The molecule has 2 unspecified atom stereocenters. The van der Waals surface area contributed by atoms with E-state index in [-0.39, 0.29) is 11.8 Å². The molecular weight excluding hydrogens is 392 g/mol. The number of benzene rings is 2. The number of aromatic amines is 1. The Morgan fingerprint density at radius 1 is 1.16 bits per heavy atom. The molecule has 0 aliphatic carbocycles. The van der Waals surface area contributed by atoms with Gasteiger partial charge in [-0.3, -0.25) is 10.5 Å². The average molecular weight is 416 g/mol. The van der Waals surface area contributed by atoms with Crippen molar-refractivity contribution in [3.05, 3.63) is 69.9 Å². The molecule has 31 heavy (non-hydrogen) atoms. The van der Waals surface area contributed by atoms with E-state index in [9.17, 15) is 5.26 Å². The fraction of sp³-hybridized carbons (Fsp3) is 0.292. The number of fused-ring (bicyclic) bond motifs is 1. The second-order valence-corrected chi connectivity index (χ2v) is 7.80. The fourth-order valence-electron chi connectivity index (χ4n) is 4.12. The van der Waals surface area contributed by atoms with Crippen LogP contribution in [-0.4, -0.2) is 23.2 Å². The number of nitriles is 1. The molecule has 0 amide bonds. The largest absolute Gasteiger partial charge is 0.496 e. The predicted molar refractivity (Wildman–Crippen MR) is 116 cm³/mol. The van der Waals surface area contributed by atoms with Crippen LogP contribution in [0.5, 0.6) is 17.4 Å². The Hall–Kier alpha value is -3.79. The predicted octanol–water partition coefficient (Wildman–Crippen LogP) is 4.56. The number of aromatic nitrogens is 2. The molecule has 0 fully saturated rings. The molecule has 7 nitrogen and oxygen atoms in total. The molecule has 0 saturated carbocycles. The van der Waals surface area contributed by atoms with Gasteiger partial charge in [0.2, 0.25) is 11.8 Å². The van der Waals surface area contributed by atoms with Crippen molar-refractivity contribution in [1.82, 2.24) is 10.2 Å². The van der Waals surface area contributed by atoms with E-state index in [1.54, 1.807) is 7.11 Å². The van der Waals surface area contributed by atoms with Gasteiger partial charge in [-0.25, -0.2) is 0 Å². The van der Waals surface area contributed by atoms with Crippen LogP contribution in [0.3, 0.4) is 0 Å². The number of hydrogen-bond acceptors (Lipinski definition) is 6. The van der Waals surface area contributed by atoms with E-state index in [0.29, 0.717) is 18.2 Å². The number of rotatable bonds is 5. The van der Waals surface area contributed by atoms with Gasteiger partial charge in [-0.2, -0.15) is 5.26 Å². The summed E-state index contributed by atoms with van der Waals surface area (Å²) >= 11 is 0. The summed E-state index contributed by atoms with van der Waals surface area (Å²) in [6.45, 7) is 6.27. The lowest BCUT2D eigenvalue weighted by atomic mass is 9.79. The van der Waals surface area contributed by atoms with Crippen LogP contribution < -0.4 is 14.2 Å². The molecule has 2 atom stereocenters. The van der Waals surface area contributed by atoms with E-state index in [2.05, 4.69) is 22.3 Å². The summed E-state index contributed by atoms with van der Waals surface area (Å²) in [4.78, 5) is 0. The van der Waals surface area contributed by atoms with Crippen LogP contribution in [0.2, 0.25) is 0 Å². The minimum Gasteiger partial charge on any atom is -0.496 e. The molecule has 0 radical (unpaired) electrons. The lowest BCUT2D eigenvalue weighted by molar-refractivity contribution is 0.296. The highest BCUT2D eigenvalue weighted by Gasteiger charge is 2.40. The maximum atomic E-state index is 9.77. The van der Waals surface area contributed by atoms with Crippen LogP contribution in [-0.2, 0) is 6.61 Å². The molecule has 0 saturated heterocycles. The van der Waals surface area contributed by atoms with Crippen molar-refractivity contribution in [1.29, 1.82) is 10.7 Å². The summed E-state index contributed by atoms with van der Waals surface area (Å²) < 4.78 is 17.1. The van der Waals surface area contributed by atoms with Crippen LogP contribution in [0.4, 0.5) is 0 Å². The third kappa shape index (κ3) is 3.84. The van der Waals surface area contributed by atoms with Gasteiger partial charge in [0.05, 0.1) is 13.2 Å². The van der Waals surface area contributed by atoms with Crippen molar-refractivity contribution in [2.45, 2.75) is 33.3 Å². The fourth-order valence-corrected chi connectivity index (χ4v) is 4.12. The van der Waals surface area contributed by atoms with E-state index in [0.717, 1.165) is 39.3 Å². The molecule has 0 bridgehead atoms. The van der Waals surface area contributed by atoms with Gasteiger partial charge < -0.3 is 14.2 Å². The Kier molecular flexibility index (Phi) is 5.38. The highest BCUT2D eigenvalue weighted by atomic mass is 16.5. The normalized spacial score (nSPS) is 17.5. The number of H-pyrrole nitrogens is 1. The Labute approximate surface area is 181 Å². The van der Waals surface area contributed by atoms with Crippen LogP contribution in [0.1, 0.15) is 39.4 Å². The van der Waals surface area contributed by atoms with Crippen LogP contribution in [0.15, 0.2) is 36.4 Å². The van der Waals surface area contributed by atoms with Gasteiger partial charge in [-0.05, 0) is 61.7 Å². The molecule has 1 aliphatic rings. The number of methoxy groups -OCH3 is 1. The molecule has 2 N–H and O–H groups in total. The Morgan fingerprint density at radius 2 is 1.90 bits per heavy atom. The van der Waals surface area contributed by atoms with Crippen molar-refractivity contribution in [3.8, 4) is 23.4 Å². The molecule has 1 aromatic heterocycles. The quantitative estimate of drug-likeness (QED) is 0.634. The number of nitrogens with one attached hydrogen (secondary N) is 2. The number of ether oxygens (including phenoxy) is 3. The van der Waals surface area contributed by atoms with E-state index >= 15 is 0 Å². The topological polar surface area (TPSA) is 104 Å². The first-order chi connectivity index (χ1) is 14.9. The van der Waals surface area contributed by atoms with Gasteiger partial charge in [-0.15, -0.1) is 5.10 Å². The van der Waals surface area contributed by atoms with Crippen LogP contribution in [0.25, 0.3) is 0 Å². The lowest BCUT2D eigenvalue weighted by Gasteiger charge is -2.28. The second kappa shape index (κ2) is 8.15. The third-order valence-corrected chi connectivity index (χ3v) is 5.49. The number of nitrogens with zero attached hydrogens (tertiary/aromatic N) is 2. The monoisotopic (exact) mass is 416 g/mol. The summed E-state index contributed by atoms with van der Waals surface area (Å²) in [6.07, 6.45) is 0. The van der Waals surface area contributed by atoms with Crippen molar-refractivity contribution in [2.24, 2.45) is 5.92 Å². The zero-order chi connectivity index (χ0) is 22.1. The minimum atomic E-state index is -0.745. The summed E-state index contributed by atoms with van der Waals surface area (Å²) in [6, 6.07) is 14.1. The highest BCUT2D eigenvalue weighted by molar-refractivity contribution is 5.84. The SMILES string of the molecule is COc1ccc(C2c3c(n[nH]c3C)OC(=N)C2C#N)cc1COc1cc(C)cc(C)c1. The molecule has 2 aromatic carbocycles. The van der Waals surface area contributed by atoms with Gasteiger partial charge in [-0.1, -0.05) is 12.1 Å². The molecular formula is C24H24N4O3. The second-order valence-electron chi connectivity index (χ2n) is 7.80. The zero-order valence-corrected chi connectivity index (χ0v) is 17.9. The zero-order valence-electron chi connectivity index (χ0n) is 17.9. The maximum Gasteiger partial charge on any atom is 0.243 e. The molecule has 4 rings (SSSR count). The molecule has 2 heterocycles. The van der Waals surface area contributed by atoms with E-state index < -0.39 is 5.92 Å². The standard InChI is InChI=1S/C24H24N4O3/c1-13-7-14(2)9-18(8-13)30-12-17-10-16(5-6-20(17)29-4)22-19(11-25)23(26)31-24-21(22)15(3)27-28-24/h5-10,19,22,26H,12H2,1-4H3,(H,27,28). The van der Waals surface area contributed by atoms with Gasteiger partial charge in [0.25, 0.3) is 0 Å². The Bertz CT molecular complexity index is 1170. The highest BCUT2D eigenvalue weighted by Crippen LogP contribution is 2.43. The van der Waals surface area contributed by atoms with Gasteiger partial charge in [0, 0.05) is 22.7 Å². The number of hydrogen-bond donors (Lipinski definition) is 2. The summed E-state index contributed by atoms with van der Waals surface area (Å²) in [5.74, 6) is 0.628. The van der Waals surface area contributed by atoms with Gasteiger partial charge >= 0.3 is 0 Å². The lowest BCUT2D eigenvalue weighted by Crippen LogP contribution is -2.31. The van der Waals surface area contributed by atoms with Crippen molar-refractivity contribution < 1.29 is 14.2 Å². The number of aryl methyl sites for hydroxylation is 3. The van der Waals surface area contributed by atoms with E-state index in [1.807, 2.05) is 51.1 Å². The molecule has 1 aliphatic heterocycles. The Balaban J connectivity index is 1.72. The third-order valence-electron chi connectivity index (χ3n) is 5.49. The van der Waals surface area contributed by atoms with Crippen molar-refractivity contribution >= 4 is 5.90 Å². The van der Waals surface area contributed by atoms with Crippen molar-refractivity contribution in [3.63, 3.8) is 0 Å².